The van der Waals surface area contributed by atoms with Gasteiger partial charge in [-0.2, -0.15) is 13.2 Å². The first kappa shape index (κ1) is 31.1. The molecule has 1 spiro atoms. The topological polar surface area (TPSA) is 99.8 Å². The quantitative estimate of drug-likeness (QED) is 0.454. The number of hydrogen-bond donors (Lipinski definition) is 3. The molecule has 226 valence electrons. The summed E-state index contributed by atoms with van der Waals surface area (Å²) in [4.78, 5) is 41.1. The third-order valence-corrected chi connectivity index (χ3v) is 7.90. The summed E-state index contributed by atoms with van der Waals surface area (Å²) < 4.78 is 46.0. The Balaban J connectivity index is 1.44. The standard InChI is InChI=1S/C31H37F3N4O4/c1-21(2)25-20-42-26-12-6-3-9-22(26)28(40)35-16-8-7-13-30(29(41)37-25)14-17-38(18-15-30)19-27(39)36-24-11-5-4-10-23(24)31(32,33)34/h3-12,21,25H,13-20H2,1-2H3,(H,35,40)(H,36,39)(H,37,41)/b8-7+/t25-/m0/s1. The minimum absolute atomic E-state index is 0.0544. The van der Waals surface area contributed by atoms with Crippen LogP contribution in [0, 0.1) is 11.3 Å². The highest BCUT2D eigenvalue weighted by molar-refractivity contribution is 5.97. The van der Waals surface area contributed by atoms with Crippen LogP contribution in [0.3, 0.4) is 0 Å². The molecule has 2 aromatic rings. The number of piperidine rings is 1. The molecule has 0 unspecified atom stereocenters. The van der Waals surface area contributed by atoms with Crippen molar-refractivity contribution in [2.24, 2.45) is 11.3 Å². The Morgan fingerprint density at radius 1 is 1.07 bits per heavy atom. The summed E-state index contributed by atoms with van der Waals surface area (Å²) in [6, 6.07) is 11.5. The van der Waals surface area contributed by atoms with Gasteiger partial charge in [-0.1, -0.05) is 50.3 Å². The average Bonchev–Trinajstić information content (AvgIpc) is 2.95. The van der Waals surface area contributed by atoms with Gasteiger partial charge in [0, 0.05) is 6.54 Å². The van der Waals surface area contributed by atoms with Crippen molar-refractivity contribution in [2.75, 3.05) is 38.1 Å². The summed E-state index contributed by atoms with van der Waals surface area (Å²) in [6.07, 6.45) is 0.483. The lowest BCUT2D eigenvalue weighted by atomic mass is 9.74. The molecule has 8 nitrogen and oxygen atoms in total. The minimum Gasteiger partial charge on any atom is -0.491 e. The third kappa shape index (κ3) is 7.70. The lowest BCUT2D eigenvalue weighted by Crippen LogP contribution is -2.54. The number of nitrogens with zero attached hydrogens (tertiary/aromatic N) is 1. The molecule has 0 radical (unpaired) electrons. The van der Waals surface area contributed by atoms with Crippen molar-refractivity contribution in [3.8, 4) is 5.75 Å². The van der Waals surface area contributed by atoms with E-state index in [0.29, 0.717) is 43.7 Å². The van der Waals surface area contributed by atoms with E-state index in [1.54, 1.807) is 24.3 Å². The molecule has 2 aliphatic rings. The van der Waals surface area contributed by atoms with Gasteiger partial charge in [0.15, 0.2) is 0 Å². The van der Waals surface area contributed by atoms with Gasteiger partial charge in [0.2, 0.25) is 11.8 Å². The van der Waals surface area contributed by atoms with E-state index < -0.39 is 23.1 Å². The summed E-state index contributed by atoms with van der Waals surface area (Å²) in [5.74, 6) is -0.413. The van der Waals surface area contributed by atoms with Crippen molar-refractivity contribution in [1.29, 1.82) is 0 Å². The zero-order valence-corrected chi connectivity index (χ0v) is 23.8. The number of alkyl halides is 3. The largest absolute Gasteiger partial charge is 0.491 e. The fourth-order valence-corrected chi connectivity index (χ4v) is 5.22. The van der Waals surface area contributed by atoms with Crippen LogP contribution < -0.4 is 20.7 Å². The fraction of sp³-hybridized carbons (Fsp3) is 0.452. The highest BCUT2D eigenvalue weighted by Crippen LogP contribution is 2.37. The molecule has 0 aliphatic carbocycles. The molecule has 1 fully saturated rings. The molecule has 3 N–H and O–H groups in total. The van der Waals surface area contributed by atoms with Crippen LogP contribution in [0.15, 0.2) is 60.7 Å². The van der Waals surface area contributed by atoms with E-state index in [9.17, 15) is 27.6 Å². The second-order valence-corrected chi connectivity index (χ2v) is 11.2. The monoisotopic (exact) mass is 586 g/mol. The van der Waals surface area contributed by atoms with E-state index in [-0.39, 0.29) is 49.2 Å². The van der Waals surface area contributed by atoms with Crippen molar-refractivity contribution >= 4 is 23.4 Å². The SMILES string of the molecule is CC(C)[C@@H]1COc2ccccc2C(=O)NC/C=C/CC2(CCN(CC(=O)Nc3ccccc3C(F)(F)F)CC2)C(=O)N1. The molecule has 3 amide bonds. The summed E-state index contributed by atoms with van der Waals surface area (Å²) in [5, 5.41) is 8.43. The Hall–Kier alpha value is -3.86. The molecule has 2 heterocycles. The molecule has 4 rings (SSSR count). The lowest BCUT2D eigenvalue weighted by molar-refractivity contribution is -0.137. The number of carbonyl (C=O) groups is 3. The zero-order valence-electron chi connectivity index (χ0n) is 23.8. The first-order valence-electron chi connectivity index (χ1n) is 14.1. The smallest absolute Gasteiger partial charge is 0.418 e. The van der Waals surface area contributed by atoms with Crippen LogP contribution in [0.2, 0.25) is 0 Å². The molecule has 1 saturated heterocycles. The number of nitrogens with one attached hydrogen (secondary N) is 3. The Labute approximate surface area is 243 Å². The number of anilines is 1. The number of allylic oxidation sites excluding steroid dienone is 1. The van der Waals surface area contributed by atoms with E-state index in [0.717, 1.165) is 6.07 Å². The molecule has 2 aromatic carbocycles. The summed E-state index contributed by atoms with van der Waals surface area (Å²) >= 11 is 0. The molecular weight excluding hydrogens is 549 g/mol. The van der Waals surface area contributed by atoms with Gasteiger partial charge in [-0.05, 0) is 62.5 Å². The van der Waals surface area contributed by atoms with Gasteiger partial charge in [0.1, 0.15) is 12.4 Å². The van der Waals surface area contributed by atoms with Crippen molar-refractivity contribution < 1.29 is 32.3 Å². The second kappa shape index (κ2) is 13.4. The number of para-hydroxylation sites is 2. The van der Waals surface area contributed by atoms with Crippen LogP contribution in [0.25, 0.3) is 0 Å². The van der Waals surface area contributed by atoms with Gasteiger partial charge in [-0.3, -0.25) is 19.3 Å². The van der Waals surface area contributed by atoms with E-state index >= 15 is 0 Å². The first-order chi connectivity index (χ1) is 20.0. The molecule has 0 aromatic heterocycles. The van der Waals surface area contributed by atoms with Crippen LogP contribution in [0.4, 0.5) is 18.9 Å². The van der Waals surface area contributed by atoms with Crippen molar-refractivity contribution in [1.82, 2.24) is 15.5 Å². The van der Waals surface area contributed by atoms with Crippen LogP contribution in [0.1, 0.15) is 49.0 Å². The minimum atomic E-state index is -4.58. The van der Waals surface area contributed by atoms with Crippen LogP contribution in [-0.4, -0.2) is 61.4 Å². The summed E-state index contributed by atoms with van der Waals surface area (Å²) in [5.41, 5.74) is -1.50. The van der Waals surface area contributed by atoms with E-state index in [2.05, 4.69) is 16.0 Å². The summed E-state index contributed by atoms with van der Waals surface area (Å²) in [7, 11) is 0. The second-order valence-electron chi connectivity index (χ2n) is 11.2. The highest BCUT2D eigenvalue weighted by atomic mass is 19.4. The van der Waals surface area contributed by atoms with Gasteiger partial charge in [-0.25, -0.2) is 0 Å². The Kier molecular flexibility index (Phi) is 9.93. The van der Waals surface area contributed by atoms with E-state index in [1.165, 1.54) is 18.2 Å². The summed E-state index contributed by atoms with van der Waals surface area (Å²) in [6.45, 7) is 5.19. The number of ether oxygens (including phenoxy) is 1. The molecule has 11 heteroatoms. The van der Waals surface area contributed by atoms with Crippen molar-refractivity contribution in [3.63, 3.8) is 0 Å². The van der Waals surface area contributed by atoms with Gasteiger partial charge >= 0.3 is 6.18 Å². The van der Waals surface area contributed by atoms with Crippen molar-refractivity contribution in [3.05, 3.63) is 71.8 Å². The number of fused-ring (bicyclic) bond motifs is 1. The lowest BCUT2D eigenvalue weighted by Gasteiger charge is -2.41. The Morgan fingerprint density at radius 2 is 1.76 bits per heavy atom. The van der Waals surface area contributed by atoms with Gasteiger partial charge in [0.05, 0.1) is 34.8 Å². The predicted octanol–water partition coefficient (Wildman–Crippen LogP) is 4.64. The van der Waals surface area contributed by atoms with E-state index in [1.807, 2.05) is 30.9 Å². The molecular formula is C31H37F3N4O4. The number of benzene rings is 2. The number of amides is 3. The number of hydrogen-bond acceptors (Lipinski definition) is 5. The maximum Gasteiger partial charge on any atom is 0.418 e. The third-order valence-electron chi connectivity index (χ3n) is 7.90. The highest BCUT2D eigenvalue weighted by Gasteiger charge is 2.42. The average molecular weight is 587 g/mol. The number of likely N-dealkylation sites (tertiary alicyclic amines) is 1. The molecule has 1 atom stereocenters. The molecule has 2 aliphatic heterocycles. The van der Waals surface area contributed by atoms with Crippen LogP contribution in [0.5, 0.6) is 5.75 Å². The first-order valence-corrected chi connectivity index (χ1v) is 14.1. The molecule has 42 heavy (non-hydrogen) atoms. The van der Waals surface area contributed by atoms with Crippen LogP contribution >= 0.6 is 0 Å². The molecule has 0 saturated carbocycles. The Bertz CT molecular complexity index is 1300. The maximum atomic E-state index is 13.8. The number of carbonyl (C=O) groups excluding carboxylic acids is 3. The Morgan fingerprint density at radius 3 is 2.48 bits per heavy atom. The maximum absolute atomic E-state index is 13.8. The van der Waals surface area contributed by atoms with Gasteiger partial charge in [0.25, 0.3) is 5.91 Å². The van der Waals surface area contributed by atoms with Crippen LogP contribution in [-0.2, 0) is 15.8 Å². The number of rotatable bonds is 4. The number of halogens is 3. The predicted molar refractivity (Wildman–Crippen MR) is 153 cm³/mol. The van der Waals surface area contributed by atoms with Gasteiger partial charge in [-0.15, -0.1) is 0 Å². The fourth-order valence-electron chi connectivity index (χ4n) is 5.22. The van der Waals surface area contributed by atoms with Crippen molar-refractivity contribution in [2.45, 2.75) is 45.3 Å². The van der Waals surface area contributed by atoms with Gasteiger partial charge < -0.3 is 20.7 Å². The zero-order chi connectivity index (χ0) is 30.3. The van der Waals surface area contributed by atoms with E-state index in [4.69, 9.17) is 4.74 Å². The normalized spacial score (nSPS) is 21.0. The molecule has 0 bridgehead atoms.